The zero-order valence-corrected chi connectivity index (χ0v) is 15.3. The predicted molar refractivity (Wildman–Crippen MR) is 105 cm³/mol. The molecule has 0 aliphatic heterocycles. The van der Waals surface area contributed by atoms with Gasteiger partial charge in [-0.3, -0.25) is 0 Å². The van der Waals surface area contributed by atoms with Crippen molar-refractivity contribution in [3.63, 3.8) is 0 Å². The fourth-order valence-corrected chi connectivity index (χ4v) is 3.63. The van der Waals surface area contributed by atoms with Crippen molar-refractivity contribution in [2.45, 2.75) is 19.1 Å². The molecule has 0 saturated heterocycles. The number of imidazole rings is 1. The van der Waals surface area contributed by atoms with Crippen LogP contribution in [-0.4, -0.2) is 14.7 Å². The Labute approximate surface area is 162 Å². The normalized spacial score (nSPS) is 11.5. The topological polar surface area (TPSA) is 61.8 Å². The van der Waals surface area contributed by atoms with Crippen LogP contribution in [0.25, 0.3) is 11.0 Å². The number of aromatic nitrogens is 2. The fraction of sp³-hybridized carbons (Fsp3) is 0.130. The van der Waals surface area contributed by atoms with Crippen LogP contribution in [0, 0.1) is 17.1 Å². The lowest BCUT2D eigenvalue weighted by Gasteiger charge is -2.29. The number of nitrogens with zero attached hydrogens (tertiary/aromatic N) is 3. The third-order valence-electron chi connectivity index (χ3n) is 4.96. The van der Waals surface area contributed by atoms with Crippen LogP contribution < -0.4 is 0 Å². The summed E-state index contributed by atoms with van der Waals surface area (Å²) in [6, 6.07) is 23.2. The van der Waals surface area contributed by atoms with E-state index >= 15 is 0 Å². The van der Waals surface area contributed by atoms with Crippen molar-refractivity contribution >= 4 is 11.0 Å². The van der Waals surface area contributed by atoms with Gasteiger partial charge in [-0.1, -0.05) is 60.7 Å². The van der Waals surface area contributed by atoms with Crippen molar-refractivity contribution in [1.29, 1.82) is 5.26 Å². The number of nitriles is 1. The summed E-state index contributed by atoms with van der Waals surface area (Å²) >= 11 is 0. The van der Waals surface area contributed by atoms with Crippen molar-refractivity contribution in [2.75, 3.05) is 0 Å². The molecule has 0 atom stereocenters. The lowest BCUT2D eigenvalue weighted by Crippen LogP contribution is -2.32. The van der Waals surface area contributed by atoms with E-state index in [-0.39, 0.29) is 11.1 Å². The zero-order valence-electron chi connectivity index (χ0n) is 15.3. The van der Waals surface area contributed by atoms with E-state index in [1.54, 1.807) is 10.6 Å². The summed E-state index contributed by atoms with van der Waals surface area (Å²) in [6.45, 7) is 2.36. The minimum Gasteiger partial charge on any atom is -0.373 e. The number of aliphatic hydroxyl groups is 1. The molecule has 4 rings (SSSR count). The van der Waals surface area contributed by atoms with Gasteiger partial charge in [-0.05, 0) is 30.2 Å². The molecule has 0 aliphatic carbocycles. The van der Waals surface area contributed by atoms with E-state index in [1.807, 2.05) is 73.7 Å². The van der Waals surface area contributed by atoms with Crippen LogP contribution in [-0.2, 0) is 12.1 Å². The summed E-state index contributed by atoms with van der Waals surface area (Å²) in [5, 5.41) is 21.2. The summed E-state index contributed by atoms with van der Waals surface area (Å²) in [4.78, 5) is 4.51. The largest absolute Gasteiger partial charge is 0.373 e. The SMILES string of the molecule is CCn1c(C(O)(c2ccccc2)c2ccccc2)nc2c(F)cc(C#N)cc21. The molecule has 1 heterocycles. The molecule has 0 aliphatic rings. The second kappa shape index (κ2) is 6.91. The third-order valence-corrected chi connectivity index (χ3v) is 4.96. The highest BCUT2D eigenvalue weighted by Crippen LogP contribution is 2.38. The number of halogens is 1. The fourth-order valence-electron chi connectivity index (χ4n) is 3.63. The van der Waals surface area contributed by atoms with Crippen LogP contribution in [0.4, 0.5) is 4.39 Å². The first-order chi connectivity index (χ1) is 13.6. The van der Waals surface area contributed by atoms with Crippen LogP contribution in [0.15, 0.2) is 72.8 Å². The molecule has 0 unspecified atom stereocenters. The smallest absolute Gasteiger partial charge is 0.173 e. The number of aryl methyl sites for hydroxylation is 1. The summed E-state index contributed by atoms with van der Waals surface area (Å²) in [5.74, 6) is -0.262. The molecular weight excluding hydrogens is 353 g/mol. The number of fused-ring (bicyclic) bond motifs is 1. The first-order valence-electron chi connectivity index (χ1n) is 9.03. The first-order valence-corrected chi connectivity index (χ1v) is 9.03. The molecule has 5 heteroatoms. The van der Waals surface area contributed by atoms with Gasteiger partial charge in [-0.25, -0.2) is 9.37 Å². The molecule has 28 heavy (non-hydrogen) atoms. The molecule has 0 fully saturated rings. The van der Waals surface area contributed by atoms with Crippen LogP contribution >= 0.6 is 0 Å². The van der Waals surface area contributed by atoms with Crippen molar-refractivity contribution in [3.05, 3.63) is 101 Å². The Kier molecular flexibility index (Phi) is 4.42. The first kappa shape index (κ1) is 17.9. The molecule has 3 aromatic carbocycles. The van der Waals surface area contributed by atoms with Gasteiger partial charge < -0.3 is 9.67 Å². The standard InChI is InChI=1S/C23H18FN3O/c1-2-27-20-14-16(15-25)13-19(24)21(20)26-22(27)23(28,17-9-5-3-6-10-17)18-11-7-4-8-12-18/h3-14,28H,2H2,1H3. The van der Waals surface area contributed by atoms with E-state index in [0.717, 1.165) is 0 Å². The quantitative estimate of drug-likeness (QED) is 0.580. The highest BCUT2D eigenvalue weighted by molar-refractivity contribution is 5.79. The minimum absolute atomic E-state index is 0.140. The molecule has 0 saturated carbocycles. The van der Waals surface area contributed by atoms with Gasteiger partial charge in [-0.15, -0.1) is 0 Å². The van der Waals surface area contributed by atoms with Gasteiger partial charge in [0.25, 0.3) is 0 Å². The third kappa shape index (κ3) is 2.67. The Hall–Kier alpha value is -3.49. The Morgan fingerprint density at radius 2 is 1.61 bits per heavy atom. The van der Waals surface area contributed by atoms with Crippen molar-refractivity contribution in [2.24, 2.45) is 0 Å². The molecule has 0 amide bonds. The molecule has 4 nitrogen and oxygen atoms in total. The number of hydrogen-bond acceptors (Lipinski definition) is 3. The summed E-state index contributed by atoms with van der Waals surface area (Å²) in [7, 11) is 0. The van der Waals surface area contributed by atoms with Gasteiger partial charge in [-0.2, -0.15) is 5.26 Å². The predicted octanol–water partition coefficient (Wildman–Crippen LogP) is 4.35. The van der Waals surface area contributed by atoms with Crippen molar-refractivity contribution < 1.29 is 9.50 Å². The average Bonchev–Trinajstić information content (AvgIpc) is 3.14. The molecule has 138 valence electrons. The number of benzene rings is 3. The Morgan fingerprint density at radius 1 is 1.04 bits per heavy atom. The molecular formula is C23H18FN3O. The van der Waals surface area contributed by atoms with E-state index < -0.39 is 11.4 Å². The van der Waals surface area contributed by atoms with Gasteiger partial charge in [0.1, 0.15) is 5.52 Å². The maximum absolute atomic E-state index is 14.6. The number of rotatable bonds is 4. The zero-order chi connectivity index (χ0) is 19.7. The lowest BCUT2D eigenvalue weighted by molar-refractivity contribution is 0.112. The summed E-state index contributed by atoms with van der Waals surface area (Å²) < 4.78 is 16.4. The van der Waals surface area contributed by atoms with Gasteiger partial charge in [0.15, 0.2) is 17.2 Å². The Morgan fingerprint density at radius 3 is 2.11 bits per heavy atom. The second-order valence-corrected chi connectivity index (χ2v) is 6.56. The molecule has 0 radical (unpaired) electrons. The minimum atomic E-state index is -1.57. The molecule has 1 aromatic heterocycles. The van der Waals surface area contributed by atoms with E-state index in [0.29, 0.717) is 29.0 Å². The van der Waals surface area contributed by atoms with Gasteiger partial charge in [0.05, 0.1) is 17.1 Å². The van der Waals surface area contributed by atoms with Crippen LogP contribution in [0.2, 0.25) is 0 Å². The van der Waals surface area contributed by atoms with E-state index in [9.17, 15) is 14.8 Å². The van der Waals surface area contributed by atoms with Gasteiger partial charge in [0, 0.05) is 6.54 Å². The van der Waals surface area contributed by atoms with Gasteiger partial charge in [0.2, 0.25) is 0 Å². The molecule has 0 bridgehead atoms. The Balaban J connectivity index is 2.10. The number of hydrogen-bond donors (Lipinski definition) is 1. The maximum atomic E-state index is 14.6. The average molecular weight is 371 g/mol. The second-order valence-electron chi connectivity index (χ2n) is 6.56. The Bertz CT molecular complexity index is 1140. The highest BCUT2D eigenvalue weighted by atomic mass is 19.1. The van der Waals surface area contributed by atoms with E-state index in [1.165, 1.54) is 6.07 Å². The summed E-state index contributed by atoms with van der Waals surface area (Å²) in [5.41, 5.74) is 0.533. The van der Waals surface area contributed by atoms with Crippen LogP contribution in [0.3, 0.4) is 0 Å². The van der Waals surface area contributed by atoms with E-state index in [2.05, 4.69) is 4.98 Å². The van der Waals surface area contributed by atoms with E-state index in [4.69, 9.17) is 0 Å². The van der Waals surface area contributed by atoms with Crippen molar-refractivity contribution in [3.8, 4) is 6.07 Å². The maximum Gasteiger partial charge on any atom is 0.173 e. The summed E-state index contributed by atoms with van der Waals surface area (Å²) in [6.07, 6.45) is 0. The van der Waals surface area contributed by atoms with Crippen LogP contribution in [0.5, 0.6) is 0 Å². The lowest BCUT2D eigenvalue weighted by atomic mass is 9.85. The molecule has 0 spiro atoms. The van der Waals surface area contributed by atoms with Crippen molar-refractivity contribution in [1.82, 2.24) is 9.55 Å². The molecule has 1 N–H and O–H groups in total. The van der Waals surface area contributed by atoms with Crippen LogP contribution in [0.1, 0.15) is 29.4 Å². The monoisotopic (exact) mass is 371 g/mol. The highest BCUT2D eigenvalue weighted by Gasteiger charge is 2.39. The van der Waals surface area contributed by atoms with Gasteiger partial charge >= 0.3 is 0 Å². The molecule has 4 aromatic rings.